The number of H-pyrrole nitrogens is 1. The fraction of sp³-hybridized carbons (Fsp3) is 0.154. The Kier molecular flexibility index (Phi) is 4.05. The second-order valence-electron chi connectivity index (χ2n) is 4.23. The molecule has 0 radical (unpaired) electrons. The van der Waals surface area contributed by atoms with Crippen LogP contribution in [-0.4, -0.2) is 15.9 Å². The molecule has 0 aliphatic rings. The van der Waals surface area contributed by atoms with Gasteiger partial charge in [0.1, 0.15) is 0 Å². The van der Waals surface area contributed by atoms with Gasteiger partial charge in [-0.1, -0.05) is 11.6 Å². The van der Waals surface area contributed by atoms with E-state index in [1.54, 1.807) is 38.1 Å². The van der Waals surface area contributed by atoms with Crippen molar-refractivity contribution >= 4 is 29.2 Å². The number of anilines is 1. The fourth-order valence-corrected chi connectivity index (χ4v) is 1.63. The molecule has 0 atom stereocenters. The first kappa shape index (κ1) is 14.1. The SMILES string of the molecule is Cc1nc(N=C(N)Nc2ccc(Cl)cc2)[nH]c(=O)c1C. The van der Waals surface area contributed by atoms with Crippen LogP contribution in [-0.2, 0) is 0 Å². The van der Waals surface area contributed by atoms with Gasteiger partial charge in [0.15, 0.2) is 0 Å². The van der Waals surface area contributed by atoms with Crippen molar-refractivity contribution in [3.8, 4) is 0 Å². The van der Waals surface area contributed by atoms with Crippen LogP contribution in [0.25, 0.3) is 0 Å². The van der Waals surface area contributed by atoms with Crippen LogP contribution in [0, 0.1) is 13.8 Å². The first-order valence-electron chi connectivity index (χ1n) is 5.90. The highest BCUT2D eigenvalue weighted by Gasteiger charge is 2.03. The smallest absolute Gasteiger partial charge is 0.255 e. The minimum atomic E-state index is -0.226. The molecule has 0 saturated carbocycles. The second kappa shape index (κ2) is 5.75. The molecule has 0 amide bonds. The lowest BCUT2D eigenvalue weighted by Crippen LogP contribution is -2.23. The van der Waals surface area contributed by atoms with Crippen molar-refractivity contribution in [1.82, 2.24) is 9.97 Å². The number of aromatic nitrogens is 2. The van der Waals surface area contributed by atoms with E-state index in [1.165, 1.54) is 0 Å². The van der Waals surface area contributed by atoms with Gasteiger partial charge in [-0.05, 0) is 38.1 Å². The van der Waals surface area contributed by atoms with Crippen LogP contribution in [0.4, 0.5) is 11.6 Å². The Hall–Kier alpha value is -2.34. The molecule has 0 aliphatic heterocycles. The molecule has 0 saturated heterocycles. The molecule has 7 heteroatoms. The number of rotatable bonds is 2. The second-order valence-corrected chi connectivity index (χ2v) is 4.67. The van der Waals surface area contributed by atoms with Crippen LogP contribution in [0.3, 0.4) is 0 Å². The number of hydrogen-bond donors (Lipinski definition) is 3. The Morgan fingerprint density at radius 1 is 1.35 bits per heavy atom. The van der Waals surface area contributed by atoms with Crippen molar-refractivity contribution in [2.24, 2.45) is 10.7 Å². The Bertz CT molecular complexity index is 706. The molecular formula is C13H14ClN5O. The maximum Gasteiger partial charge on any atom is 0.255 e. The molecule has 4 N–H and O–H groups in total. The van der Waals surface area contributed by atoms with Crippen LogP contribution in [0.5, 0.6) is 0 Å². The Morgan fingerprint density at radius 2 is 2.00 bits per heavy atom. The molecule has 0 spiro atoms. The van der Waals surface area contributed by atoms with Gasteiger partial charge in [0.05, 0.1) is 0 Å². The lowest BCUT2D eigenvalue weighted by molar-refractivity contribution is 1.01. The van der Waals surface area contributed by atoms with Gasteiger partial charge in [-0.25, -0.2) is 4.98 Å². The first-order chi connectivity index (χ1) is 9.45. The monoisotopic (exact) mass is 291 g/mol. The standard InChI is InChI=1S/C13H14ClN5O/c1-7-8(2)16-13(18-11(7)20)19-12(15)17-10-5-3-9(14)4-6-10/h3-6H,1-2H3,(H4,15,16,17,18,19,20). The van der Waals surface area contributed by atoms with Crippen LogP contribution in [0.2, 0.25) is 5.02 Å². The summed E-state index contributed by atoms with van der Waals surface area (Å²) in [5.41, 5.74) is 7.45. The van der Waals surface area contributed by atoms with Crippen molar-refractivity contribution < 1.29 is 0 Å². The number of nitrogens with one attached hydrogen (secondary N) is 2. The summed E-state index contributed by atoms with van der Waals surface area (Å²) in [5, 5.41) is 3.51. The number of benzene rings is 1. The van der Waals surface area contributed by atoms with Crippen LogP contribution in [0.15, 0.2) is 34.1 Å². The molecule has 0 fully saturated rings. The van der Waals surface area contributed by atoms with Gasteiger partial charge >= 0.3 is 0 Å². The summed E-state index contributed by atoms with van der Waals surface area (Å²) in [7, 11) is 0. The molecular weight excluding hydrogens is 278 g/mol. The van der Waals surface area contributed by atoms with E-state index in [9.17, 15) is 4.79 Å². The summed E-state index contributed by atoms with van der Waals surface area (Å²) in [5.74, 6) is 0.288. The largest absolute Gasteiger partial charge is 0.369 e. The molecule has 0 bridgehead atoms. The molecule has 20 heavy (non-hydrogen) atoms. The van der Waals surface area contributed by atoms with Gasteiger partial charge in [-0.15, -0.1) is 0 Å². The Balaban J connectivity index is 2.22. The van der Waals surface area contributed by atoms with Gasteiger partial charge in [0.2, 0.25) is 11.9 Å². The lowest BCUT2D eigenvalue weighted by atomic mass is 10.3. The van der Waals surface area contributed by atoms with E-state index in [-0.39, 0.29) is 17.5 Å². The third-order valence-corrected chi connectivity index (χ3v) is 2.98. The number of guanidine groups is 1. The third-order valence-electron chi connectivity index (χ3n) is 2.73. The summed E-state index contributed by atoms with van der Waals surface area (Å²) in [6.45, 7) is 3.44. The van der Waals surface area contributed by atoms with Gasteiger partial charge in [0, 0.05) is 22.0 Å². The summed E-state index contributed by atoms with van der Waals surface area (Å²) >= 11 is 5.79. The fourth-order valence-electron chi connectivity index (χ4n) is 1.51. The van der Waals surface area contributed by atoms with Crippen molar-refractivity contribution in [3.63, 3.8) is 0 Å². The molecule has 0 aliphatic carbocycles. The predicted octanol–water partition coefficient (Wildman–Crippen LogP) is 2.10. The van der Waals surface area contributed by atoms with E-state index in [0.717, 1.165) is 5.69 Å². The zero-order valence-electron chi connectivity index (χ0n) is 11.1. The molecule has 1 heterocycles. The summed E-state index contributed by atoms with van der Waals surface area (Å²) in [6, 6.07) is 6.99. The quantitative estimate of drug-likeness (QED) is 0.583. The molecule has 1 aromatic heterocycles. The number of hydrogen-bond acceptors (Lipinski definition) is 3. The van der Waals surface area contributed by atoms with Gasteiger partial charge < -0.3 is 11.1 Å². The number of aliphatic imine (C=N–C) groups is 1. The highest BCUT2D eigenvalue weighted by atomic mass is 35.5. The topological polar surface area (TPSA) is 96.2 Å². The number of nitrogens with two attached hydrogens (primary N) is 1. The summed E-state index contributed by atoms with van der Waals surface area (Å²) < 4.78 is 0. The van der Waals surface area contributed by atoms with Gasteiger partial charge in [0.25, 0.3) is 5.56 Å². The zero-order chi connectivity index (χ0) is 14.7. The first-order valence-corrected chi connectivity index (χ1v) is 6.28. The maximum atomic E-state index is 11.6. The van der Waals surface area contributed by atoms with E-state index in [0.29, 0.717) is 16.3 Å². The van der Waals surface area contributed by atoms with Crippen molar-refractivity contribution in [2.75, 3.05) is 5.32 Å². The molecule has 2 rings (SSSR count). The minimum absolute atomic E-state index is 0.124. The van der Waals surface area contributed by atoms with Gasteiger partial charge in [-0.3, -0.25) is 9.78 Å². The molecule has 2 aromatic rings. The third kappa shape index (κ3) is 3.36. The average molecular weight is 292 g/mol. The van der Waals surface area contributed by atoms with Crippen molar-refractivity contribution in [3.05, 3.63) is 50.9 Å². The Morgan fingerprint density at radius 3 is 2.60 bits per heavy atom. The zero-order valence-corrected chi connectivity index (χ0v) is 11.8. The Labute approximate surface area is 120 Å². The number of halogens is 1. The van der Waals surface area contributed by atoms with Crippen molar-refractivity contribution in [1.29, 1.82) is 0 Å². The molecule has 0 unspecified atom stereocenters. The van der Waals surface area contributed by atoms with Crippen molar-refractivity contribution in [2.45, 2.75) is 13.8 Å². The molecule has 1 aromatic carbocycles. The van der Waals surface area contributed by atoms with E-state index >= 15 is 0 Å². The van der Waals surface area contributed by atoms with Crippen LogP contribution >= 0.6 is 11.6 Å². The van der Waals surface area contributed by atoms with Crippen LogP contribution in [0.1, 0.15) is 11.3 Å². The summed E-state index contributed by atoms with van der Waals surface area (Å²) in [6.07, 6.45) is 0. The number of aromatic amines is 1. The molecule has 6 nitrogen and oxygen atoms in total. The van der Waals surface area contributed by atoms with E-state index in [2.05, 4.69) is 20.3 Å². The van der Waals surface area contributed by atoms with E-state index in [4.69, 9.17) is 17.3 Å². The van der Waals surface area contributed by atoms with Gasteiger partial charge in [-0.2, -0.15) is 4.99 Å². The summed E-state index contributed by atoms with van der Waals surface area (Å²) in [4.78, 5) is 22.3. The highest BCUT2D eigenvalue weighted by Crippen LogP contribution is 2.13. The average Bonchev–Trinajstić information content (AvgIpc) is 2.38. The van der Waals surface area contributed by atoms with E-state index < -0.39 is 0 Å². The minimum Gasteiger partial charge on any atom is -0.369 e. The molecule has 104 valence electrons. The highest BCUT2D eigenvalue weighted by molar-refractivity contribution is 6.30. The van der Waals surface area contributed by atoms with Crippen LogP contribution < -0.4 is 16.6 Å². The predicted molar refractivity (Wildman–Crippen MR) is 80.7 cm³/mol. The maximum absolute atomic E-state index is 11.6. The number of aryl methyl sites for hydroxylation is 1. The van der Waals surface area contributed by atoms with E-state index in [1.807, 2.05) is 0 Å². The lowest BCUT2D eigenvalue weighted by Gasteiger charge is -2.05. The number of nitrogens with zero attached hydrogens (tertiary/aromatic N) is 2. The normalized spacial score (nSPS) is 11.4.